The van der Waals surface area contributed by atoms with Crippen LogP contribution in [0.3, 0.4) is 0 Å². The van der Waals surface area contributed by atoms with Gasteiger partial charge in [0, 0.05) is 19.1 Å². The van der Waals surface area contributed by atoms with Crippen molar-refractivity contribution in [2.45, 2.75) is 118 Å². The van der Waals surface area contributed by atoms with Gasteiger partial charge in [-0.15, -0.1) is 0 Å². The molecule has 1 aliphatic carbocycles. The molecule has 0 spiro atoms. The minimum Gasteiger partial charge on any atom is -0.375 e. The van der Waals surface area contributed by atoms with Gasteiger partial charge in [0.2, 0.25) is 0 Å². The highest BCUT2D eigenvalue weighted by Gasteiger charge is 2.23. The van der Waals surface area contributed by atoms with E-state index in [4.69, 9.17) is 4.74 Å². The Labute approximate surface area is 160 Å². The van der Waals surface area contributed by atoms with E-state index in [1.54, 1.807) is 0 Å². The highest BCUT2D eigenvalue weighted by molar-refractivity contribution is 4.75. The minimum atomic E-state index is 0.566. The lowest BCUT2D eigenvalue weighted by atomic mass is 9.97. The summed E-state index contributed by atoms with van der Waals surface area (Å²) in [4.78, 5) is 2.58. The Morgan fingerprint density at radius 1 is 0.880 bits per heavy atom. The first kappa shape index (κ1) is 27.1. The van der Waals surface area contributed by atoms with Gasteiger partial charge in [0.25, 0.3) is 0 Å². The van der Waals surface area contributed by atoms with Crippen LogP contribution in [0.15, 0.2) is 0 Å². The van der Waals surface area contributed by atoms with Crippen molar-refractivity contribution in [1.82, 2.24) is 10.2 Å². The molecule has 1 N–H and O–H groups in total. The molecule has 0 amide bonds. The zero-order valence-corrected chi connectivity index (χ0v) is 18.9. The number of nitrogens with one attached hydrogen (secondary N) is 1. The summed E-state index contributed by atoms with van der Waals surface area (Å²) in [6.45, 7) is 18.3. The third-order valence-corrected chi connectivity index (χ3v) is 4.59. The molecule has 1 saturated carbocycles. The molecule has 3 heteroatoms. The van der Waals surface area contributed by atoms with Gasteiger partial charge in [0.1, 0.15) is 0 Å². The average molecular weight is 359 g/mol. The molecule has 0 radical (unpaired) electrons. The highest BCUT2D eigenvalue weighted by atomic mass is 16.5. The van der Waals surface area contributed by atoms with Crippen LogP contribution in [-0.4, -0.2) is 49.8 Å². The van der Waals surface area contributed by atoms with E-state index in [9.17, 15) is 0 Å². The van der Waals surface area contributed by atoms with E-state index < -0.39 is 0 Å². The number of nitrogens with zero attached hydrogens (tertiary/aromatic N) is 1. The second kappa shape index (κ2) is 20.2. The summed E-state index contributed by atoms with van der Waals surface area (Å²) in [6.07, 6.45) is 11.8. The summed E-state index contributed by atoms with van der Waals surface area (Å²) in [5, 5.41) is 3.03. The summed E-state index contributed by atoms with van der Waals surface area (Å²) in [7, 11) is 1.95. The van der Waals surface area contributed by atoms with Gasteiger partial charge in [-0.1, -0.05) is 67.7 Å². The van der Waals surface area contributed by atoms with Gasteiger partial charge in [-0.05, 0) is 45.7 Å². The Balaban J connectivity index is 0. The Morgan fingerprint density at radius 2 is 1.32 bits per heavy atom. The molecule has 0 unspecified atom stereocenters. The molecule has 0 atom stereocenters. The smallest absolute Gasteiger partial charge is 0.0603 e. The van der Waals surface area contributed by atoms with Gasteiger partial charge in [-0.3, -0.25) is 0 Å². The van der Waals surface area contributed by atoms with Crippen LogP contribution in [0.5, 0.6) is 0 Å². The Bertz CT molecular complexity index is 232. The normalized spacial score (nSPS) is 19.1. The standard InChI is InChI=1S/C14H27NO.C4H11N.2C2H6/c1-2-10-15-11-8-14(9-12-15)16-13-6-4-3-5-7-13;1-4(2)5-3;2*1-2/h13-14H,2-12H2,1H3;4-5H,1-3H3;2*1-2H3. The molecule has 154 valence electrons. The number of piperidine rings is 1. The molecule has 1 saturated heterocycles. The molecule has 0 aromatic carbocycles. The van der Waals surface area contributed by atoms with Crippen LogP contribution in [0, 0.1) is 0 Å². The molecular formula is C22H50N2O. The van der Waals surface area contributed by atoms with Crippen molar-refractivity contribution < 1.29 is 4.74 Å². The maximum absolute atomic E-state index is 6.23. The van der Waals surface area contributed by atoms with Crippen LogP contribution in [0.25, 0.3) is 0 Å². The van der Waals surface area contributed by atoms with Crippen molar-refractivity contribution in [2.24, 2.45) is 0 Å². The molecule has 2 aliphatic rings. The van der Waals surface area contributed by atoms with Gasteiger partial charge in [-0.2, -0.15) is 0 Å². The predicted molar refractivity (Wildman–Crippen MR) is 115 cm³/mol. The topological polar surface area (TPSA) is 24.5 Å². The van der Waals surface area contributed by atoms with Crippen molar-refractivity contribution in [2.75, 3.05) is 26.7 Å². The monoisotopic (exact) mass is 358 g/mol. The van der Waals surface area contributed by atoms with Gasteiger partial charge < -0.3 is 15.0 Å². The SMILES string of the molecule is CC.CC.CCCN1CCC(OC2CCCCC2)CC1.CNC(C)C. The summed E-state index contributed by atoms with van der Waals surface area (Å²) in [5.74, 6) is 0. The van der Waals surface area contributed by atoms with Crippen molar-refractivity contribution in [3.8, 4) is 0 Å². The molecule has 2 fully saturated rings. The van der Waals surface area contributed by atoms with Gasteiger partial charge >= 0.3 is 0 Å². The third kappa shape index (κ3) is 15.8. The molecule has 0 bridgehead atoms. The first-order chi connectivity index (χ1) is 12.2. The second-order valence-electron chi connectivity index (χ2n) is 6.88. The van der Waals surface area contributed by atoms with Gasteiger partial charge in [0.05, 0.1) is 12.2 Å². The lowest BCUT2D eigenvalue weighted by Gasteiger charge is -2.34. The molecular weight excluding hydrogens is 308 g/mol. The first-order valence-corrected chi connectivity index (χ1v) is 11.2. The maximum Gasteiger partial charge on any atom is 0.0603 e. The third-order valence-electron chi connectivity index (χ3n) is 4.59. The Kier molecular flexibility index (Phi) is 21.9. The quantitative estimate of drug-likeness (QED) is 0.664. The fraction of sp³-hybridized carbons (Fsp3) is 1.00. The van der Waals surface area contributed by atoms with E-state index in [2.05, 4.69) is 31.0 Å². The summed E-state index contributed by atoms with van der Waals surface area (Å²) in [5.41, 5.74) is 0. The van der Waals surface area contributed by atoms with Crippen molar-refractivity contribution >= 4 is 0 Å². The number of hydrogen-bond acceptors (Lipinski definition) is 3. The second-order valence-corrected chi connectivity index (χ2v) is 6.88. The van der Waals surface area contributed by atoms with Crippen molar-refractivity contribution in [1.29, 1.82) is 0 Å². The van der Waals surface area contributed by atoms with E-state index in [1.165, 1.54) is 71.0 Å². The van der Waals surface area contributed by atoms with E-state index in [-0.39, 0.29) is 0 Å². The Morgan fingerprint density at radius 3 is 1.72 bits per heavy atom. The van der Waals surface area contributed by atoms with E-state index in [0.29, 0.717) is 18.2 Å². The molecule has 0 aromatic heterocycles. The minimum absolute atomic E-state index is 0.566. The lowest BCUT2D eigenvalue weighted by Crippen LogP contribution is -2.39. The summed E-state index contributed by atoms with van der Waals surface area (Å²) >= 11 is 0. The molecule has 25 heavy (non-hydrogen) atoms. The zero-order chi connectivity index (χ0) is 19.5. The van der Waals surface area contributed by atoms with E-state index in [1.807, 2.05) is 34.7 Å². The van der Waals surface area contributed by atoms with Gasteiger partial charge in [0.15, 0.2) is 0 Å². The number of hydrogen-bond donors (Lipinski definition) is 1. The fourth-order valence-electron chi connectivity index (χ4n) is 3.06. The molecule has 1 heterocycles. The van der Waals surface area contributed by atoms with Crippen LogP contribution in [0.2, 0.25) is 0 Å². The lowest BCUT2D eigenvalue weighted by molar-refractivity contribution is -0.0556. The van der Waals surface area contributed by atoms with Crippen LogP contribution in [-0.2, 0) is 4.74 Å². The number of rotatable bonds is 5. The highest BCUT2D eigenvalue weighted by Crippen LogP contribution is 2.24. The molecule has 0 aromatic rings. The van der Waals surface area contributed by atoms with E-state index >= 15 is 0 Å². The van der Waals surface area contributed by atoms with Crippen LogP contribution >= 0.6 is 0 Å². The van der Waals surface area contributed by atoms with Crippen LogP contribution in [0.4, 0.5) is 0 Å². The van der Waals surface area contributed by atoms with Crippen molar-refractivity contribution in [3.63, 3.8) is 0 Å². The molecule has 1 aliphatic heterocycles. The number of likely N-dealkylation sites (tertiary alicyclic amines) is 1. The van der Waals surface area contributed by atoms with Gasteiger partial charge in [-0.25, -0.2) is 0 Å². The van der Waals surface area contributed by atoms with Crippen LogP contribution in [0.1, 0.15) is 99.8 Å². The maximum atomic E-state index is 6.23. The number of ether oxygens (including phenoxy) is 1. The van der Waals surface area contributed by atoms with Crippen LogP contribution < -0.4 is 5.32 Å². The largest absolute Gasteiger partial charge is 0.375 e. The fourth-order valence-corrected chi connectivity index (χ4v) is 3.06. The van der Waals surface area contributed by atoms with E-state index in [0.717, 1.165) is 0 Å². The molecule has 3 nitrogen and oxygen atoms in total. The first-order valence-electron chi connectivity index (χ1n) is 11.2. The average Bonchev–Trinajstić information content (AvgIpc) is 2.68. The summed E-state index contributed by atoms with van der Waals surface area (Å²) in [6, 6.07) is 0.634. The van der Waals surface area contributed by atoms with Crippen molar-refractivity contribution in [3.05, 3.63) is 0 Å². The zero-order valence-electron chi connectivity index (χ0n) is 18.9. The molecule has 2 rings (SSSR count). The Hall–Kier alpha value is -0.120. The predicted octanol–water partition coefficient (Wildman–Crippen LogP) is 5.88. The summed E-state index contributed by atoms with van der Waals surface area (Å²) < 4.78 is 6.23.